The van der Waals surface area contributed by atoms with E-state index in [1.165, 1.54) is 6.33 Å². The molecule has 3 rings (SSSR count). The van der Waals surface area contributed by atoms with Gasteiger partial charge in [-0.05, 0) is 58.4 Å². The number of rotatable bonds is 3. The fourth-order valence-corrected chi connectivity index (χ4v) is 3.04. The summed E-state index contributed by atoms with van der Waals surface area (Å²) in [4.78, 5) is 3.96. The molecule has 0 spiro atoms. The molecule has 1 fully saturated rings. The second-order valence-electron chi connectivity index (χ2n) is 6.75. The summed E-state index contributed by atoms with van der Waals surface area (Å²) >= 11 is 0. The maximum Gasteiger partial charge on any atom is 0.138 e. The summed E-state index contributed by atoms with van der Waals surface area (Å²) in [6.07, 6.45) is 4.22. The average molecular weight is 286 g/mol. The highest BCUT2D eigenvalue weighted by molar-refractivity contribution is 5.49. The monoisotopic (exact) mass is 286 g/mol. The van der Waals surface area contributed by atoms with Gasteiger partial charge in [0.1, 0.15) is 12.7 Å². The molecule has 1 N–H and O–H groups in total. The molecule has 2 heterocycles. The first kappa shape index (κ1) is 14.1. The third-order valence-corrected chi connectivity index (χ3v) is 3.97. The lowest BCUT2D eigenvalue weighted by Gasteiger charge is -2.28. The first-order valence-electron chi connectivity index (χ1n) is 7.28. The first-order valence-corrected chi connectivity index (χ1v) is 7.28. The van der Waals surface area contributed by atoms with Crippen LogP contribution in [0.3, 0.4) is 0 Å². The molecule has 112 valence electrons. The van der Waals surface area contributed by atoms with Crippen LogP contribution in [0.25, 0.3) is 5.69 Å². The smallest absolute Gasteiger partial charge is 0.138 e. The van der Waals surface area contributed by atoms with Crippen LogP contribution in [0.2, 0.25) is 0 Å². The lowest BCUT2D eigenvalue weighted by molar-refractivity contribution is -0.0662. The topological polar surface area (TPSA) is 52.0 Å². The lowest BCUT2D eigenvalue weighted by atomic mass is 9.94. The van der Waals surface area contributed by atoms with Gasteiger partial charge in [-0.25, -0.2) is 9.67 Å². The van der Waals surface area contributed by atoms with Crippen molar-refractivity contribution in [2.75, 3.05) is 5.32 Å². The van der Waals surface area contributed by atoms with Gasteiger partial charge in [-0.15, -0.1) is 0 Å². The van der Waals surface area contributed by atoms with E-state index >= 15 is 0 Å². The summed E-state index contributed by atoms with van der Waals surface area (Å²) in [5.74, 6) is 0. The molecule has 5 heteroatoms. The second-order valence-corrected chi connectivity index (χ2v) is 6.75. The standard InChI is InChI=1S/C16H22N4O/c1-15(2)9-14(16(3,4)21-15)19-12-5-7-13(8-6-12)20-11-17-10-18-20/h5-8,10-11,14,19H,9H2,1-4H3. The quantitative estimate of drug-likeness (QED) is 0.942. The number of nitrogens with zero attached hydrogens (tertiary/aromatic N) is 3. The molecule has 0 saturated carbocycles. The van der Waals surface area contributed by atoms with Crippen LogP contribution in [0.4, 0.5) is 5.69 Å². The van der Waals surface area contributed by atoms with Gasteiger partial charge >= 0.3 is 0 Å². The van der Waals surface area contributed by atoms with Crippen molar-refractivity contribution in [3.63, 3.8) is 0 Å². The molecule has 2 aromatic rings. The Kier molecular flexibility index (Phi) is 3.24. The molecule has 1 aromatic carbocycles. The van der Waals surface area contributed by atoms with Crippen LogP contribution in [0.5, 0.6) is 0 Å². The molecule has 5 nitrogen and oxygen atoms in total. The maximum absolute atomic E-state index is 6.12. The summed E-state index contributed by atoms with van der Waals surface area (Å²) < 4.78 is 7.86. The molecule has 1 aromatic heterocycles. The molecule has 0 amide bonds. The van der Waals surface area contributed by atoms with Gasteiger partial charge in [-0.2, -0.15) is 5.10 Å². The fourth-order valence-electron chi connectivity index (χ4n) is 3.04. The van der Waals surface area contributed by atoms with Gasteiger partial charge in [0.25, 0.3) is 0 Å². The normalized spacial score (nSPS) is 23.1. The van der Waals surface area contributed by atoms with Crippen LogP contribution in [-0.4, -0.2) is 32.0 Å². The van der Waals surface area contributed by atoms with E-state index in [1.54, 1.807) is 11.0 Å². The van der Waals surface area contributed by atoms with Gasteiger partial charge in [-0.3, -0.25) is 0 Å². The van der Waals surface area contributed by atoms with Crippen LogP contribution < -0.4 is 5.32 Å². The van der Waals surface area contributed by atoms with Gasteiger partial charge < -0.3 is 10.1 Å². The molecule has 1 aliphatic heterocycles. The minimum absolute atomic E-state index is 0.0815. The molecule has 1 aliphatic rings. The number of ether oxygens (including phenoxy) is 1. The minimum atomic E-state index is -0.173. The zero-order chi connectivity index (χ0) is 15.1. The Balaban J connectivity index is 1.74. The highest BCUT2D eigenvalue weighted by atomic mass is 16.5. The number of hydrogen-bond donors (Lipinski definition) is 1. The van der Waals surface area contributed by atoms with E-state index in [0.717, 1.165) is 17.8 Å². The van der Waals surface area contributed by atoms with Gasteiger partial charge in [0, 0.05) is 5.69 Å². The van der Waals surface area contributed by atoms with Crippen molar-refractivity contribution in [2.24, 2.45) is 0 Å². The number of benzene rings is 1. The van der Waals surface area contributed by atoms with Gasteiger partial charge in [-0.1, -0.05) is 0 Å². The van der Waals surface area contributed by atoms with Crippen LogP contribution >= 0.6 is 0 Å². The van der Waals surface area contributed by atoms with Crippen molar-refractivity contribution in [3.8, 4) is 5.69 Å². The molecule has 1 unspecified atom stereocenters. The predicted molar refractivity (Wildman–Crippen MR) is 82.6 cm³/mol. The molecule has 0 bridgehead atoms. The van der Waals surface area contributed by atoms with Gasteiger partial charge in [0.2, 0.25) is 0 Å². The van der Waals surface area contributed by atoms with Gasteiger partial charge in [0.05, 0.1) is 22.9 Å². The van der Waals surface area contributed by atoms with E-state index in [9.17, 15) is 0 Å². The zero-order valence-corrected chi connectivity index (χ0v) is 13.0. The Bertz CT molecular complexity index is 602. The van der Waals surface area contributed by atoms with Gasteiger partial charge in [0.15, 0.2) is 0 Å². The molecule has 1 atom stereocenters. The molecule has 21 heavy (non-hydrogen) atoms. The average Bonchev–Trinajstić information content (AvgIpc) is 2.97. The molecule has 0 aliphatic carbocycles. The van der Waals surface area contributed by atoms with E-state index in [2.05, 4.69) is 55.2 Å². The highest BCUT2D eigenvalue weighted by Gasteiger charge is 2.45. The predicted octanol–water partition coefficient (Wildman–Crippen LogP) is 3.03. The van der Waals surface area contributed by atoms with Crippen molar-refractivity contribution in [3.05, 3.63) is 36.9 Å². The number of aromatic nitrogens is 3. The van der Waals surface area contributed by atoms with Crippen LogP contribution in [0, 0.1) is 0 Å². The lowest BCUT2D eigenvalue weighted by Crippen LogP contribution is -2.38. The van der Waals surface area contributed by atoms with E-state index in [0.29, 0.717) is 6.04 Å². The van der Waals surface area contributed by atoms with Crippen LogP contribution in [0.1, 0.15) is 34.1 Å². The van der Waals surface area contributed by atoms with E-state index in [-0.39, 0.29) is 11.2 Å². The van der Waals surface area contributed by atoms with E-state index in [4.69, 9.17) is 4.74 Å². The Morgan fingerprint density at radius 1 is 1.19 bits per heavy atom. The number of anilines is 1. The van der Waals surface area contributed by atoms with Crippen molar-refractivity contribution < 1.29 is 4.74 Å². The fraction of sp³-hybridized carbons (Fsp3) is 0.500. The second kappa shape index (κ2) is 4.84. The largest absolute Gasteiger partial charge is 0.379 e. The summed E-state index contributed by atoms with van der Waals surface area (Å²) in [5, 5.41) is 7.72. The third-order valence-electron chi connectivity index (χ3n) is 3.97. The Labute approximate surface area is 125 Å². The summed E-state index contributed by atoms with van der Waals surface area (Å²) in [5.41, 5.74) is 1.84. The first-order chi connectivity index (χ1) is 9.86. The highest BCUT2D eigenvalue weighted by Crippen LogP contribution is 2.38. The molecule has 0 radical (unpaired) electrons. The molecular formula is C16H22N4O. The number of nitrogens with one attached hydrogen (secondary N) is 1. The zero-order valence-electron chi connectivity index (χ0n) is 13.0. The third kappa shape index (κ3) is 2.93. The summed E-state index contributed by atoms with van der Waals surface area (Å²) in [6.45, 7) is 8.57. The Morgan fingerprint density at radius 3 is 2.43 bits per heavy atom. The SMILES string of the molecule is CC1(C)CC(Nc2ccc(-n3cncn3)cc2)C(C)(C)O1. The minimum Gasteiger partial charge on any atom is -0.379 e. The van der Waals surface area contributed by atoms with Crippen molar-refractivity contribution in [2.45, 2.75) is 51.4 Å². The van der Waals surface area contributed by atoms with Crippen LogP contribution in [-0.2, 0) is 4.74 Å². The maximum atomic E-state index is 6.12. The Morgan fingerprint density at radius 2 is 1.90 bits per heavy atom. The number of hydrogen-bond acceptors (Lipinski definition) is 4. The summed E-state index contributed by atoms with van der Waals surface area (Å²) in [6, 6.07) is 8.50. The van der Waals surface area contributed by atoms with Crippen molar-refractivity contribution in [1.82, 2.24) is 14.8 Å². The summed E-state index contributed by atoms with van der Waals surface area (Å²) in [7, 11) is 0. The Hall–Kier alpha value is -1.88. The van der Waals surface area contributed by atoms with E-state index in [1.807, 2.05) is 12.1 Å². The van der Waals surface area contributed by atoms with E-state index < -0.39 is 0 Å². The molecule has 1 saturated heterocycles. The molecular weight excluding hydrogens is 264 g/mol. The van der Waals surface area contributed by atoms with Crippen molar-refractivity contribution in [1.29, 1.82) is 0 Å². The van der Waals surface area contributed by atoms with Crippen LogP contribution in [0.15, 0.2) is 36.9 Å². The van der Waals surface area contributed by atoms with Crippen molar-refractivity contribution >= 4 is 5.69 Å².